The van der Waals surface area contributed by atoms with Crippen molar-refractivity contribution < 1.29 is 5.11 Å². The van der Waals surface area contributed by atoms with Crippen LogP contribution in [0.3, 0.4) is 0 Å². The topological polar surface area (TPSA) is 92.5 Å². The van der Waals surface area contributed by atoms with Gasteiger partial charge in [-0.3, -0.25) is 0 Å². The van der Waals surface area contributed by atoms with Crippen LogP contribution in [0, 0.1) is 13.8 Å². The minimum absolute atomic E-state index is 0.293. The zero-order chi connectivity index (χ0) is 25.2. The van der Waals surface area contributed by atoms with Gasteiger partial charge in [-0.05, 0) is 66.3 Å². The van der Waals surface area contributed by atoms with Gasteiger partial charge in [-0.2, -0.15) is 5.21 Å². The van der Waals surface area contributed by atoms with Crippen molar-refractivity contribution in [2.45, 2.75) is 47.1 Å². The van der Waals surface area contributed by atoms with Crippen molar-refractivity contribution in [2.24, 2.45) is 0 Å². The van der Waals surface area contributed by atoms with Crippen molar-refractivity contribution in [3.8, 4) is 28.3 Å². The molecule has 2 heterocycles. The Morgan fingerprint density at radius 2 is 1.69 bits per heavy atom. The number of hydrogen-bond acceptors (Lipinski definition) is 5. The Morgan fingerprint density at radius 1 is 0.972 bits per heavy atom. The molecule has 0 spiro atoms. The molecule has 2 N–H and O–H groups in total. The number of hydrogen-bond donors (Lipinski definition) is 2. The van der Waals surface area contributed by atoms with Crippen LogP contribution in [0.5, 0.6) is 5.75 Å². The molecule has 3 aromatic carbocycles. The second kappa shape index (κ2) is 9.77. The summed E-state index contributed by atoms with van der Waals surface area (Å²) in [4.78, 5) is 5.02. The van der Waals surface area contributed by atoms with E-state index in [4.69, 9.17) is 4.98 Å². The first kappa shape index (κ1) is 23.5. The van der Waals surface area contributed by atoms with Crippen LogP contribution in [0.15, 0.2) is 48.5 Å². The molecule has 0 fully saturated rings. The zero-order valence-corrected chi connectivity index (χ0v) is 21.1. The van der Waals surface area contributed by atoms with E-state index in [1.165, 1.54) is 0 Å². The summed E-state index contributed by atoms with van der Waals surface area (Å²) in [5, 5.41) is 27.1. The molecule has 5 rings (SSSR count). The zero-order valence-electron chi connectivity index (χ0n) is 21.1. The maximum atomic E-state index is 11.3. The van der Waals surface area contributed by atoms with Gasteiger partial charge >= 0.3 is 0 Å². The molecule has 0 aliphatic rings. The summed E-state index contributed by atoms with van der Waals surface area (Å²) in [6, 6.07) is 16.4. The number of nitrogens with zero attached hydrogens (tertiary/aromatic N) is 5. The van der Waals surface area contributed by atoms with Gasteiger partial charge in [0.25, 0.3) is 0 Å². The summed E-state index contributed by atoms with van der Waals surface area (Å²) < 4.78 is 2.15. The average Bonchev–Trinajstić information content (AvgIpc) is 3.56. The largest absolute Gasteiger partial charge is 0.505 e. The Hall–Kier alpha value is -4.26. The van der Waals surface area contributed by atoms with Gasteiger partial charge in [-0.1, -0.05) is 68.0 Å². The number of benzene rings is 3. The van der Waals surface area contributed by atoms with Gasteiger partial charge in [0, 0.05) is 10.8 Å². The molecule has 0 saturated carbocycles. The highest BCUT2D eigenvalue weighted by molar-refractivity contribution is 5.86. The van der Waals surface area contributed by atoms with Crippen molar-refractivity contribution in [1.29, 1.82) is 0 Å². The van der Waals surface area contributed by atoms with E-state index < -0.39 is 0 Å². The van der Waals surface area contributed by atoms with Gasteiger partial charge in [0.05, 0.1) is 6.54 Å². The molecule has 0 saturated heterocycles. The van der Waals surface area contributed by atoms with Crippen LogP contribution in [0.2, 0.25) is 0 Å². The molecule has 5 aromatic rings. The molecular formula is C29H30N6O. The maximum absolute atomic E-state index is 11.3. The van der Waals surface area contributed by atoms with E-state index in [0.29, 0.717) is 18.1 Å². The first-order valence-corrected chi connectivity index (χ1v) is 12.3. The van der Waals surface area contributed by atoms with Crippen LogP contribution < -0.4 is 10.7 Å². The van der Waals surface area contributed by atoms with E-state index in [0.717, 1.165) is 68.0 Å². The minimum Gasteiger partial charge on any atom is -0.505 e. The van der Waals surface area contributed by atoms with E-state index >= 15 is 0 Å². The molecule has 0 radical (unpaired) electrons. The lowest BCUT2D eigenvalue weighted by atomic mass is 9.95. The summed E-state index contributed by atoms with van der Waals surface area (Å²) in [7, 11) is 0. The van der Waals surface area contributed by atoms with Crippen LogP contribution in [0.4, 0.5) is 0 Å². The SMILES string of the molecule is CC=c1c(C)c(C)c(O)c2c1nc(=CCCC)n2Cc1ccccc1-c1ccccc1-c1nn[nH]n1. The number of phenolic OH excluding ortho intramolecular Hbond substituents is 1. The molecule has 182 valence electrons. The molecule has 0 unspecified atom stereocenters. The van der Waals surface area contributed by atoms with Gasteiger partial charge in [0.1, 0.15) is 22.3 Å². The highest BCUT2D eigenvalue weighted by Gasteiger charge is 2.19. The lowest BCUT2D eigenvalue weighted by molar-refractivity contribution is 0.473. The van der Waals surface area contributed by atoms with Crippen LogP contribution in [0.1, 0.15) is 43.4 Å². The monoisotopic (exact) mass is 478 g/mol. The number of fused-ring (bicyclic) bond motifs is 1. The number of unbranched alkanes of at least 4 members (excludes halogenated alkanes) is 1. The number of aromatic hydroxyl groups is 1. The Kier molecular flexibility index (Phi) is 6.38. The molecular weight excluding hydrogens is 448 g/mol. The molecule has 7 heteroatoms. The van der Waals surface area contributed by atoms with E-state index in [1.807, 2.05) is 51.1 Å². The number of tetrazole rings is 1. The second-order valence-corrected chi connectivity index (χ2v) is 8.99. The standard InChI is InChI=1S/C29H30N6O/c1-5-7-16-25-30-26-21(6-2)18(3)19(4)28(36)27(26)35(25)17-20-12-8-9-13-22(20)23-14-10-11-15-24(23)29-31-33-34-32-29/h6,8-16,36H,5,7,17H2,1-4H3,(H,31,32,33,34). The third-order valence-corrected chi connectivity index (χ3v) is 6.85. The number of phenols is 1. The maximum Gasteiger partial charge on any atom is 0.205 e. The summed E-state index contributed by atoms with van der Waals surface area (Å²) >= 11 is 0. The highest BCUT2D eigenvalue weighted by atomic mass is 16.3. The van der Waals surface area contributed by atoms with Crippen molar-refractivity contribution >= 4 is 23.2 Å². The van der Waals surface area contributed by atoms with Gasteiger partial charge in [-0.15, -0.1) is 10.2 Å². The predicted octanol–water partition coefficient (Wildman–Crippen LogP) is 4.64. The minimum atomic E-state index is 0.293. The molecule has 0 aliphatic heterocycles. The number of aromatic amines is 1. The number of H-pyrrole nitrogens is 1. The lowest BCUT2D eigenvalue weighted by Gasteiger charge is -2.15. The van der Waals surface area contributed by atoms with Gasteiger partial charge in [0.2, 0.25) is 5.82 Å². The number of aromatic nitrogens is 6. The first-order chi connectivity index (χ1) is 17.5. The number of rotatable bonds is 6. The average molecular weight is 479 g/mol. The molecule has 7 nitrogen and oxygen atoms in total. The van der Waals surface area contributed by atoms with Crippen LogP contribution in [-0.2, 0) is 6.54 Å². The second-order valence-electron chi connectivity index (χ2n) is 8.99. The fraction of sp³-hybridized carbons (Fsp3) is 0.241. The number of nitrogens with one attached hydrogen (secondary N) is 1. The fourth-order valence-corrected chi connectivity index (χ4v) is 4.86. The summed E-state index contributed by atoms with van der Waals surface area (Å²) in [5.74, 6) is 0.846. The van der Waals surface area contributed by atoms with E-state index in [9.17, 15) is 5.11 Å². The fourth-order valence-electron chi connectivity index (χ4n) is 4.86. The lowest BCUT2D eigenvalue weighted by Crippen LogP contribution is -2.19. The smallest absolute Gasteiger partial charge is 0.205 e. The van der Waals surface area contributed by atoms with Gasteiger partial charge in [-0.25, -0.2) is 4.98 Å². The third kappa shape index (κ3) is 3.96. The number of imidazole rings is 1. The van der Waals surface area contributed by atoms with Crippen molar-refractivity contribution in [3.05, 3.63) is 75.9 Å². The normalized spacial score (nSPS) is 12.7. The van der Waals surface area contributed by atoms with Crippen molar-refractivity contribution in [1.82, 2.24) is 30.2 Å². The van der Waals surface area contributed by atoms with E-state index in [1.54, 1.807) is 0 Å². The van der Waals surface area contributed by atoms with Crippen molar-refractivity contribution in [3.63, 3.8) is 0 Å². The summed E-state index contributed by atoms with van der Waals surface area (Å²) in [5.41, 5.74) is 8.54. The third-order valence-electron chi connectivity index (χ3n) is 6.85. The Bertz CT molecular complexity index is 1660. The molecule has 0 bridgehead atoms. The molecule has 0 atom stereocenters. The van der Waals surface area contributed by atoms with Crippen LogP contribution in [-0.4, -0.2) is 35.3 Å². The molecule has 36 heavy (non-hydrogen) atoms. The summed E-state index contributed by atoms with van der Waals surface area (Å²) in [6.07, 6.45) is 6.18. The predicted molar refractivity (Wildman–Crippen MR) is 144 cm³/mol. The molecule has 0 amide bonds. The van der Waals surface area contributed by atoms with Crippen LogP contribution in [0.25, 0.3) is 45.7 Å². The Balaban J connectivity index is 1.75. The van der Waals surface area contributed by atoms with Crippen molar-refractivity contribution in [2.75, 3.05) is 0 Å². The highest BCUT2D eigenvalue weighted by Crippen LogP contribution is 2.33. The summed E-state index contributed by atoms with van der Waals surface area (Å²) in [6.45, 7) is 8.75. The quantitative estimate of drug-likeness (QED) is 0.371. The first-order valence-electron chi connectivity index (χ1n) is 12.3. The van der Waals surface area contributed by atoms with E-state index in [-0.39, 0.29) is 0 Å². The molecule has 0 aliphatic carbocycles. The van der Waals surface area contributed by atoms with E-state index in [2.05, 4.69) is 62.5 Å². The van der Waals surface area contributed by atoms with Gasteiger partial charge < -0.3 is 9.67 Å². The molecule has 2 aromatic heterocycles. The van der Waals surface area contributed by atoms with Crippen LogP contribution >= 0.6 is 0 Å². The Labute approximate surface area is 209 Å². The van der Waals surface area contributed by atoms with Gasteiger partial charge in [0.15, 0.2) is 0 Å². The Morgan fingerprint density at radius 3 is 2.39 bits per heavy atom.